The van der Waals surface area contributed by atoms with Gasteiger partial charge in [0.15, 0.2) is 0 Å². The Hall–Kier alpha value is -1.95. The molecule has 0 aliphatic heterocycles. The Morgan fingerprint density at radius 1 is 1.35 bits per heavy atom. The largest absolute Gasteiger partial charge is 0.374 e. The molecule has 0 spiro atoms. The van der Waals surface area contributed by atoms with Gasteiger partial charge in [-0.1, -0.05) is 29.5 Å². The average molecular weight is 248 g/mol. The maximum absolute atomic E-state index is 12.2. The van der Waals surface area contributed by atoms with Crippen molar-refractivity contribution in [3.05, 3.63) is 35.3 Å². The molecule has 0 radical (unpaired) electrons. The highest BCUT2D eigenvalue weighted by Gasteiger charge is 2.19. The zero-order valence-electron chi connectivity index (χ0n) is 9.33. The van der Waals surface area contributed by atoms with E-state index in [0.717, 1.165) is 17.0 Å². The van der Waals surface area contributed by atoms with Gasteiger partial charge in [0.2, 0.25) is 10.1 Å². The van der Waals surface area contributed by atoms with Gasteiger partial charge in [-0.15, -0.1) is 10.2 Å². The number of rotatable bonds is 3. The van der Waals surface area contributed by atoms with Crippen LogP contribution in [0.5, 0.6) is 0 Å². The van der Waals surface area contributed by atoms with Gasteiger partial charge in [0.05, 0.1) is 0 Å². The Labute approximate surface area is 103 Å². The Bertz CT molecular complexity index is 511. The van der Waals surface area contributed by atoms with Gasteiger partial charge < -0.3 is 10.6 Å². The Balaban J connectivity index is 2.28. The second-order valence-corrected chi connectivity index (χ2v) is 4.34. The maximum Gasteiger partial charge on any atom is 0.289 e. The van der Waals surface area contributed by atoms with Crippen LogP contribution in [0.25, 0.3) is 0 Å². The Morgan fingerprint density at radius 3 is 2.59 bits per heavy atom. The standard InChI is InChI=1S/C11H12N4OS/c1-2-15(8-6-4-3-5-7-8)10(16)9-13-14-11(12)17-9/h3-7H,2H2,1H3,(H2,12,14). The van der Waals surface area contributed by atoms with E-state index in [1.54, 1.807) is 4.90 Å². The van der Waals surface area contributed by atoms with Crippen LogP contribution in [0.2, 0.25) is 0 Å². The van der Waals surface area contributed by atoms with Crippen LogP contribution in [-0.2, 0) is 0 Å². The average Bonchev–Trinajstić information content (AvgIpc) is 2.78. The lowest BCUT2D eigenvalue weighted by atomic mass is 10.3. The molecule has 2 N–H and O–H groups in total. The van der Waals surface area contributed by atoms with E-state index in [4.69, 9.17) is 5.73 Å². The normalized spacial score (nSPS) is 10.2. The number of para-hydroxylation sites is 1. The second kappa shape index (κ2) is 4.92. The zero-order chi connectivity index (χ0) is 12.3. The molecule has 0 aliphatic rings. The van der Waals surface area contributed by atoms with Crippen LogP contribution in [0.3, 0.4) is 0 Å². The number of amides is 1. The van der Waals surface area contributed by atoms with Crippen molar-refractivity contribution < 1.29 is 4.79 Å². The van der Waals surface area contributed by atoms with Gasteiger partial charge >= 0.3 is 0 Å². The number of nitrogens with two attached hydrogens (primary N) is 1. The molecular formula is C11H12N4OS. The summed E-state index contributed by atoms with van der Waals surface area (Å²) in [5.74, 6) is -0.173. The summed E-state index contributed by atoms with van der Waals surface area (Å²) in [6.45, 7) is 2.48. The molecule has 0 fully saturated rings. The van der Waals surface area contributed by atoms with E-state index < -0.39 is 0 Å². The van der Waals surface area contributed by atoms with Crippen LogP contribution in [0.1, 0.15) is 16.7 Å². The third-order valence-electron chi connectivity index (χ3n) is 2.25. The van der Waals surface area contributed by atoms with Crippen molar-refractivity contribution in [2.75, 3.05) is 17.2 Å². The lowest BCUT2D eigenvalue weighted by Crippen LogP contribution is -2.30. The lowest BCUT2D eigenvalue weighted by molar-refractivity contribution is 0.0987. The number of carbonyl (C=O) groups excluding carboxylic acids is 1. The molecule has 2 aromatic rings. The summed E-state index contributed by atoms with van der Waals surface area (Å²) < 4.78 is 0. The second-order valence-electron chi connectivity index (χ2n) is 3.33. The molecule has 1 heterocycles. The first kappa shape index (κ1) is 11.5. The van der Waals surface area contributed by atoms with Gasteiger partial charge in [0.1, 0.15) is 0 Å². The maximum atomic E-state index is 12.2. The Kier molecular flexibility index (Phi) is 3.34. The Morgan fingerprint density at radius 2 is 2.06 bits per heavy atom. The highest BCUT2D eigenvalue weighted by molar-refractivity contribution is 7.17. The molecule has 1 aromatic carbocycles. The molecule has 0 saturated carbocycles. The van der Waals surface area contributed by atoms with Crippen LogP contribution in [0, 0.1) is 0 Å². The van der Waals surface area contributed by atoms with E-state index in [1.165, 1.54) is 0 Å². The molecule has 0 unspecified atom stereocenters. The molecule has 0 atom stereocenters. The monoisotopic (exact) mass is 248 g/mol. The summed E-state index contributed by atoms with van der Waals surface area (Å²) in [6, 6.07) is 9.45. The highest BCUT2D eigenvalue weighted by atomic mass is 32.1. The summed E-state index contributed by atoms with van der Waals surface area (Å²) in [4.78, 5) is 13.8. The van der Waals surface area contributed by atoms with Gasteiger partial charge in [-0.2, -0.15) is 0 Å². The number of benzene rings is 1. The van der Waals surface area contributed by atoms with Crippen molar-refractivity contribution >= 4 is 28.1 Å². The van der Waals surface area contributed by atoms with Crippen molar-refractivity contribution in [1.82, 2.24) is 10.2 Å². The molecule has 88 valence electrons. The van der Waals surface area contributed by atoms with Gasteiger partial charge in [0.25, 0.3) is 5.91 Å². The number of carbonyl (C=O) groups is 1. The number of nitrogen functional groups attached to an aromatic ring is 1. The van der Waals surface area contributed by atoms with E-state index in [-0.39, 0.29) is 5.91 Å². The van der Waals surface area contributed by atoms with Crippen molar-refractivity contribution in [2.45, 2.75) is 6.92 Å². The number of hydrogen-bond acceptors (Lipinski definition) is 5. The van der Waals surface area contributed by atoms with Gasteiger partial charge in [0, 0.05) is 12.2 Å². The fourth-order valence-electron chi connectivity index (χ4n) is 1.49. The van der Waals surface area contributed by atoms with E-state index >= 15 is 0 Å². The SMILES string of the molecule is CCN(C(=O)c1nnc(N)s1)c1ccccc1. The first-order chi connectivity index (χ1) is 8.22. The van der Waals surface area contributed by atoms with E-state index in [0.29, 0.717) is 16.7 Å². The highest BCUT2D eigenvalue weighted by Crippen LogP contribution is 2.19. The van der Waals surface area contributed by atoms with Gasteiger partial charge in [-0.3, -0.25) is 4.79 Å². The molecule has 0 aliphatic carbocycles. The molecule has 1 amide bonds. The summed E-state index contributed by atoms with van der Waals surface area (Å²) in [6.07, 6.45) is 0. The molecule has 17 heavy (non-hydrogen) atoms. The van der Waals surface area contributed by atoms with Crippen LogP contribution in [0.15, 0.2) is 30.3 Å². The fourth-order valence-corrected chi connectivity index (χ4v) is 2.05. The third-order valence-corrected chi connectivity index (χ3v) is 2.99. The third kappa shape index (κ3) is 2.42. The summed E-state index contributed by atoms with van der Waals surface area (Å²) in [5.41, 5.74) is 6.31. The van der Waals surface area contributed by atoms with E-state index in [9.17, 15) is 4.79 Å². The van der Waals surface area contributed by atoms with E-state index in [1.807, 2.05) is 37.3 Å². The van der Waals surface area contributed by atoms with Gasteiger partial charge in [-0.05, 0) is 19.1 Å². The minimum absolute atomic E-state index is 0.173. The summed E-state index contributed by atoms with van der Waals surface area (Å²) in [7, 11) is 0. The van der Waals surface area contributed by atoms with Crippen LogP contribution in [-0.4, -0.2) is 22.6 Å². The predicted molar refractivity (Wildman–Crippen MR) is 68.1 cm³/mol. The molecule has 0 bridgehead atoms. The molecule has 2 rings (SSSR count). The van der Waals surface area contributed by atoms with E-state index in [2.05, 4.69) is 10.2 Å². The summed E-state index contributed by atoms with van der Waals surface area (Å²) in [5, 5.41) is 8.03. The topological polar surface area (TPSA) is 72.1 Å². The number of nitrogens with zero attached hydrogens (tertiary/aromatic N) is 3. The number of aromatic nitrogens is 2. The molecule has 6 heteroatoms. The fraction of sp³-hybridized carbons (Fsp3) is 0.182. The number of hydrogen-bond donors (Lipinski definition) is 1. The van der Waals surface area contributed by atoms with Gasteiger partial charge in [-0.25, -0.2) is 0 Å². The minimum Gasteiger partial charge on any atom is -0.374 e. The summed E-state index contributed by atoms with van der Waals surface area (Å²) >= 11 is 1.10. The lowest BCUT2D eigenvalue weighted by Gasteiger charge is -2.19. The number of anilines is 2. The smallest absolute Gasteiger partial charge is 0.289 e. The quantitative estimate of drug-likeness (QED) is 0.898. The predicted octanol–water partition coefficient (Wildman–Crippen LogP) is 1.79. The van der Waals surface area contributed by atoms with Crippen molar-refractivity contribution in [2.24, 2.45) is 0 Å². The zero-order valence-corrected chi connectivity index (χ0v) is 10.1. The molecular weight excluding hydrogens is 236 g/mol. The van der Waals surface area contributed by atoms with Crippen molar-refractivity contribution in [3.8, 4) is 0 Å². The van der Waals surface area contributed by atoms with Crippen LogP contribution in [0.4, 0.5) is 10.8 Å². The molecule has 0 saturated heterocycles. The first-order valence-electron chi connectivity index (χ1n) is 5.18. The van der Waals surface area contributed by atoms with Crippen molar-refractivity contribution in [1.29, 1.82) is 0 Å². The molecule has 1 aromatic heterocycles. The minimum atomic E-state index is -0.173. The van der Waals surface area contributed by atoms with Crippen molar-refractivity contribution in [3.63, 3.8) is 0 Å². The molecule has 5 nitrogen and oxygen atoms in total. The van der Waals surface area contributed by atoms with Crippen LogP contribution >= 0.6 is 11.3 Å². The van der Waals surface area contributed by atoms with Crippen LogP contribution < -0.4 is 10.6 Å². The first-order valence-corrected chi connectivity index (χ1v) is 6.00.